The molecule has 0 saturated carbocycles. The van der Waals surface area contributed by atoms with Crippen molar-refractivity contribution in [3.05, 3.63) is 58.0 Å². The van der Waals surface area contributed by atoms with Crippen LogP contribution in [0.4, 0.5) is 5.13 Å². The van der Waals surface area contributed by atoms with E-state index < -0.39 is 9.84 Å². The van der Waals surface area contributed by atoms with Gasteiger partial charge in [0.05, 0.1) is 22.4 Å². The van der Waals surface area contributed by atoms with E-state index in [1.165, 1.54) is 0 Å². The Balaban J connectivity index is 1.48. The lowest BCUT2D eigenvalue weighted by molar-refractivity contribution is 0.340. The van der Waals surface area contributed by atoms with Crippen LogP contribution < -0.4 is 9.64 Å². The van der Waals surface area contributed by atoms with Crippen LogP contribution in [0.2, 0.25) is 0 Å². The number of nitrogens with zero attached hydrogens (tertiary/aromatic N) is 2. The Kier molecular flexibility index (Phi) is 6.82. The molecule has 0 aliphatic carbocycles. The SMILES string of the molecule is CCOc1ccc(-c2csc(N3CCC(S(=O)(=O)c4c(C)c(C)cc(C)c4C)CC3)n2)cc1. The molecule has 1 fully saturated rings. The molecule has 0 bridgehead atoms. The number of piperidine rings is 1. The second-order valence-corrected chi connectivity index (χ2v) is 11.8. The third-order valence-electron chi connectivity index (χ3n) is 6.69. The smallest absolute Gasteiger partial charge is 0.185 e. The largest absolute Gasteiger partial charge is 0.494 e. The van der Waals surface area contributed by atoms with E-state index in [1.807, 2.05) is 58.9 Å². The number of ether oxygens (including phenoxy) is 1. The third kappa shape index (κ3) is 4.66. The minimum Gasteiger partial charge on any atom is -0.494 e. The van der Waals surface area contributed by atoms with Gasteiger partial charge in [-0.25, -0.2) is 13.4 Å². The Morgan fingerprint density at radius 1 is 1.03 bits per heavy atom. The summed E-state index contributed by atoms with van der Waals surface area (Å²) >= 11 is 1.61. The summed E-state index contributed by atoms with van der Waals surface area (Å²) in [7, 11) is -3.38. The highest BCUT2D eigenvalue weighted by atomic mass is 32.2. The molecule has 0 radical (unpaired) electrons. The number of aromatic nitrogens is 1. The maximum atomic E-state index is 13.6. The summed E-state index contributed by atoms with van der Waals surface area (Å²) in [5.41, 5.74) is 5.85. The van der Waals surface area contributed by atoms with Crippen LogP contribution in [0.15, 0.2) is 40.6 Å². The van der Waals surface area contributed by atoms with E-state index in [0.29, 0.717) is 37.4 Å². The van der Waals surface area contributed by atoms with E-state index in [2.05, 4.69) is 16.3 Å². The van der Waals surface area contributed by atoms with Gasteiger partial charge in [-0.15, -0.1) is 11.3 Å². The number of sulfone groups is 1. The van der Waals surface area contributed by atoms with Crippen LogP contribution in [0.25, 0.3) is 11.3 Å². The molecule has 2 aromatic carbocycles. The molecule has 0 amide bonds. The van der Waals surface area contributed by atoms with E-state index in [4.69, 9.17) is 9.72 Å². The van der Waals surface area contributed by atoms with Crippen LogP contribution >= 0.6 is 11.3 Å². The first-order valence-electron chi connectivity index (χ1n) is 11.5. The summed E-state index contributed by atoms with van der Waals surface area (Å²) in [6.07, 6.45) is 1.23. The fourth-order valence-electron chi connectivity index (χ4n) is 4.56. The summed E-state index contributed by atoms with van der Waals surface area (Å²) < 4.78 is 32.7. The molecule has 5 nitrogen and oxygen atoms in total. The predicted molar refractivity (Wildman–Crippen MR) is 137 cm³/mol. The average molecular weight is 485 g/mol. The zero-order valence-electron chi connectivity index (χ0n) is 20.0. The van der Waals surface area contributed by atoms with Crippen LogP contribution in [-0.4, -0.2) is 38.3 Å². The average Bonchev–Trinajstić information content (AvgIpc) is 3.29. The minimum absolute atomic E-state index is 0.349. The number of benzene rings is 2. The van der Waals surface area contributed by atoms with Crippen LogP contribution in [0.1, 0.15) is 42.0 Å². The molecule has 7 heteroatoms. The Bertz CT molecular complexity index is 1210. The molecule has 1 saturated heterocycles. The first kappa shape index (κ1) is 23.8. The fraction of sp³-hybridized carbons (Fsp3) is 0.423. The maximum absolute atomic E-state index is 13.6. The first-order valence-corrected chi connectivity index (χ1v) is 13.9. The minimum atomic E-state index is -3.38. The molecule has 0 atom stereocenters. The van der Waals surface area contributed by atoms with Gasteiger partial charge in [0.2, 0.25) is 0 Å². The van der Waals surface area contributed by atoms with Gasteiger partial charge in [0.1, 0.15) is 5.75 Å². The molecule has 1 aliphatic rings. The van der Waals surface area contributed by atoms with Crippen molar-refractivity contribution in [3.63, 3.8) is 0 Å². The molecule has 0 N–H and O–H groups in total. The lowest BCUT2D eigenvalue weighted by Crippen LogP contribution is -2.39. The van der Waals surface area contributed by atoms with Crippen LogP contribution in [0, 0.1) is 27.7 Å². The van der Waals surface area contributed by atoms with Crippen molar-refractivity contribution >= 4 is 26.3 Å². The Hall–Kier alpha value is -2.38. The fourth-order valence-corrected chi connectivity index (χ4v) is 7.79. The summed E-state index contributed by atoms with van der Waals surface area (Å²) in [6.45, 7) is 11.9. The number of hydrogen-bond donors (Lipinski definition) is 0. The molecule has 0 spiro atoms. The van der Waals surface area contributed by atoms with E-state index in [1.54, 1.807) is 11.3 Å². The van der Waals surface area contributed by atoms with Crippen molar-refractivity contribution in [3.8, 4) is 17.0 Å². The second-order valence-electron chi connectivity index (χ2n) is 8.79. The molecule has 1 aliphatic heterocycles. The van der Waals surface area contributed by atoms with Crippen LogP contribution in [-0.2, 0) is 9.84 Å². The normalized spacial score (nSPS) is 15.1. The summed E-state index contributed by atoms with van der Waals surface area (Å²) in [6, 6.07) is 10.1. The monoisotopic (exact) mass is 484 g/mol. The van der Waals surface area contributed by atoms with Gasteiger partial charge in [-0.1, -0.05) is 6.07 Å². The quantitative estimate of drug-likeness (QED) is 0.437. The van der Waals surface area contributed by atoms with E-state index in [-0.39, 0.29) is 5.25 Å². The third-order valence-corrected chi connectivity index (χ3v) is 10.1. The van der Waals surface area contributed by atoms with Gasteiger partial charge in [0, 0.05) is 24.0 Å². The van der Waals surface area contributed by atoms with Crippen molar-refractivity contribution < 1.29 is 13.2 Å². The van der Waals surface area contributed by atoms with Gasteiger partial charge in [-0.2, -0.15) is 0 Å². The number of anilines is 1. The van der Waals surface area contributed by atoms with Gasteiger partial charge < -0.3 is 9.64 Å². The molecular formula is C26H32N2O3S2. The van der Waals surface area contributed by atoms with E-state index in [0.717, 1.165) is 44.4 Å². The van der Waals surface area contributed by atoms with Crippen molar-refractivity contribution in [2.75, 3.05) is 24.6 Å². The van der Waals surface area contributed by atoms with Crippen molar-refractivity contribution in [2.24, 2.45) is 0 Å². The summed E-state index contributed by atoms with van der Waals surface area (Å²) in [4.78, 5) is 7.60. The van der Waals surface area contributed by atoms with Gasteiger partial charge in [-0.3, -0.25) is 0 Å². The highest BCUT2D eigenvalue weighted by Crippen LogP contribution is 2.35. The number of aryl methyl sites for hydroxylation is 2. The summed E-state index contributed by atoms with van der Waals surface area (Å²) in [5, 5.41) is 2.67. The Labute approximate surface area is 201 Å². The number of hydrogen-bond acceptors (Lipinski definition) is 6. The summed E-state index contributed by atoms with van der Waals surface area (Å²) in [5.74, 6) is 0.856. The molecule has 0 unspecified atom stereocenters. The van der Waals surface area contributed by atoms with Crippen molar-refractivity contribution in [1.82, 2.24) is 4.98 Å². The predicted octanol–water partition coefficient (Wildman–Crippen LogP) is 5.89. The van der Waals surface area contributed by atoms with E-state index >= 15 is 0 Å². The van der Waals surface area contributed by atoms with E-state index in [9.17, 15) is 8.42 Å². The number of rotatable bonds is 6. The van der Waals surface area contributed by atoms with Gasteiger partial charge in [-0.05, 0) is 94.0 Å². The van der Waals surface area contributed by atoms with Crippen LogP contribution in [0.3, 0.4) is 0 Å². The Morgan fingerprint density at radius 3 is 2.21 bits per heavy atom. The zero-order chi connectivity index (χ0) is 23.8. The van der Waals surface area contributed by atoms with Gasteiger partial charge in [0.15, 0.2) is 15.0 Å². The van der Waals surface area contributed by atoms with Crippen LogP contribution in [0.5, 0.6) is 5.75 Å². The molecule has 3 aromatic rings. The zero-order valence-corrected chi connectivity index (χ0v) is 21.6. The topological polar surface area (TPSA) is 59.5 Å². The lowest BCUT2D eigenvalue weighted by atomic mass is 10.0. The second kappa shape index (κ2) is 9.47. The van der Waals surface area contributed by atoms with Gasteiger partial charge >= 0.3 is 0 Å². The highest BCUT2D eigenvalue weighted by molar-refractivity contribution is 7.92. The molecular weight excluding hydrogens is 452 g/mol. The molecule has 33 heavy (non-hydrogen) atoms. The molecule has 176 valence electrons. The molecule has 4 rings (SSSR count). The number of thiazole rings is 1. The van der Waals surface area contributed by atoms with Crippen molar-refractivity contribution in [1.29, 1.82) is 0 Å². The highest BCUT2D eigenvalue weighted by Gasteiger charge is 2.34. The van der Waals surface area contributed by atoms with Gasteiger partial charge in [0.25, 0.3) is 0 Å². The first-order chi connectivity index (χ1) is 15.7. The molecule has 2 heterocycles. The Morgan fingerprint density at radius 2 is 1.64 bits per heavy atom. The maximum Gasteiger partial charge on any atom is 0.185 e. The van der Waals surface area contributed by atoms with Crippen molar-refractivity contribution in [2.45, 2.75) is 57.6 Å². The lowest BCUT2D eigenvalue weighted by Gasteiger charge is -2.32. The molecule has 1 aromatic heterocycles. The standard InChI is InChI=1S/C26H32N2O3S2/c1-6-31-22-9-7-21(8-10-22)24-16-32-26(27-24)28-13-11-23(12-14-28)33(29,30)25-19(4)17(2)15-18(3)20(25)5/h7-10,15-16,23H,6,11-14H2,1-5H3.